The molecule has 0 saturated carbocycles. The van der Waals surface area contributed by atoms with Crippen LogP contribution in [0.15, 0.2) is 61.5 Å². The van der Waals surface area contributed by atoms with Crippen molar-refractivity contribution in [2.75, 3.05) is 6.54 Å². The normalized spacial score (nSPS) is 11.1. The molecule has 0 aliphatic heterocycles. The summed E-state index contributed by atoms with van der Waals surface area (Å²) in [5.74, 6) is 0. The van der Waals surface area contributed by atoms with Crippen molar-refractivity contribution in [1.82, 2.24) is 10.3 Å². The average Bonchev–Trinajstić information content (AvgIpc) is 2.89. The van der Waals surface area contributed by atoms with Gasteiger partial charge in [0.1, 0.15) is 5.52 Å². The summed E-state index contributed by atoms with van der Waals surface area (Å²) in [7, 11) is 0. The fraction of sp³-hybridized carbons (Fsp3) is 0.188. The SMILES string of the molecule is CCNCc1cc(Br)ccc1Sc1nc2ccccc2o1. The van der Waals surface area contributed by atoms with Gasteiger partial charge in [0.2, 0.25) is 0 Å². The van der Waals surface area contributed by atoms with Crippen molar-refractivity contribution in [3.8, 4) is 0 Å². The molecule has 0 radical (unpaired) electrons. The summed E-state index contributed by atoms with van der Waals surface area (Å²) in [5.41, 5.74) is 2.95. The number of hydrogen-bond acceptors (Lipinski definition) is 4. The molecule has 0 aliphatic carbocycles. The fourth-order valence-corrected chi connectivity index (χ4v) is 3.30. The third-order valence-electron chi connectivity index (χ3n) is 3.06. The molecule has 5 heteroatoms. The van der Waals surface area contributed by atoms with E-state index in [1.165, 1.54) is 5.56 Å². The Morgan fingerprint density at radius 1 is 1.24 bits per heavy atom. The van der Waals surface area contributed by atoms with Crippen molar-refractivity contribution in [3.63, 3.8) is 0 Å². The quantitative estimate of drug-likeness (QED) is 0.703. The van der Waals surface area contributed by atoms with Gasteiger partial charge in [0, 0.05) is 15.9 Å². The maximum atomic E-state index is 5.78. The van der Waals surface area contributed by atoms with E-state index in [1.54, 1.807) is 11.8 Å². The van der Waals surface area contributed by atoms with Gasteiger partial charge in [-0.05, 0) is 54.2 Å². The molecule has 0 fully saturated rings. The second-order valence-corrected chi connectivity index (χ2v) is 6.49. The molecule has 1 heterocycles. The zero-order chi connectivity index (χ0) is 14.7. The second-order valence-electron chi connectivity index (χ2n) is 4.58. The Morgan fingerprint density at radius 3 is 2.90 bits per heavy atom. The molecule has 0 atom stereocenters. The minimum Gasteiger partial charge on any atom is -0.431 e. The van der Waals surface area contributed by atoms with E-state index >= 15 is 0 Å². The number of para-hydroxylation sites is 2. The molecule has 3 aromatic rings. The predicted octanol–water partition coefficient (Wildman–Crippen LogP) is 4.85. The molecule has 21 heavy (non-hydrogen) atoms. The molecule has 108 valence electrons. The van der Waals surface area contributed by atoms with Gasteiger partial charge in [-0.25, -0.2) is 4.98 Å². The number of nitrogens with zero attached hydrogens (tertiary/aromatic N) is 1. The molecule has 3 nitrogen and oxygen atoms in total. The van der Waals surface area contributed by atoms with Crippen LogP contribution in [0.4, 0.5) is 0 Å². The van der Waals surface area contributed by atoms with Crippen LogP contribution in [0.25, 0.3) is 11.1 Å². The standard InChI is InChI=1S/C16H15BrN2OS/c1-2-18-10-11-9-12(17)7-8-15(11)21-16-19-13-5-3-4-6-14(13)20-16/h3-9,18H,2,10H2,1H3. The largest absolute Gasteiger partial charge is 0.431 e. The van der Waals surface area contributed by atoms with Gasteiger partial charge in [-0.2, -0.15) is 0 Å². The molecule has 3 rings (SSSR count). The summed E-state index contributed by atoms with van der Waals surface area (Å²) in [6.07, 6.45) is 0. The van der Waals surface area contributed by atoms with Gasteiger partial charge >= 0.3 is 0 Å². The Bertz CT molecular complexity index is 724. The molecule has 1 N–H and O–H groups in total. The van der Waals surface area contributed by atoms with Crippen LogP contribution in [0.5, 0.6) is 0 Å². The highest BCUT2D eigenvalue weighted by atomic mass is 79.9. The highest BCUT2D eigenvalue weighted by Gasteiger charge is 2.10. The molecule has 0 unspecified atom stereocenters. The van der Waals surface area contributed by atoms with Crippen LogP contribution in [-0.2, 0) is 6.54 Å². The van der Waals surface area contributed by atoms with Crippen molar-refractivity contribution in [1.29, 1.82) is 0 Å². The van der Waals surface area contributed by atoms with Crippen molar-refractivity contribution in [2.24, 2.45) is 0 Å². The van der Waals surface area contributed by atoms with Crippen LogP contribution in [0.1, 0.15) is 12.5 Å². The van der Waals surface area contributed by atoms with Crippen molar-refractivity contribution in [2.45, 2.75) is 23.6 Å². The topological polar surface area (TPSA) is 38.1 Å². The summed E-state index contributed by atoms with van der Waals surface area (Å²) in [4.78, 5) is 5.67. The number of oxazole rings is 1. The number of benzene rings is 2. The molecule has 0 aliphatic rings. The van der Waals surface area contributed by atoms with E-state index < -0.39 is 0 Å². The zero-order valence-electron chi connectivity index (χ0n) is 11.6. The van der Waals surface area contributed by atoms with Crippen LogP contribution >= 0.6 is 27.7 Å². The van der Waals surface area contributed by atoms with Gasteiger partial charge < -0.3 is 9.73 Å². The molecule has 0 bridgehead atoms. The number of rotatable bonds is 5. The summed E-state index contributed by atoms with van der Waals surface area (Å²) in [5, 5.41) is 4.04. The number of nitrogens with one attached hydrogen (secondary N) is 1. The number of fused-ring (bicyclic) bond motifs is 1. The van der Waals surface area contributed by atoms with Crippen LogP contribution in [-0.4, -0.2) is 11.5 Å². The number of halogens is 1. The van der Waals surface area contributed by atoms with Crippen molar-refractivity contribution in [3.05, 3.63) is 52.5 Å². The lowest BCUT2D eigenvalue weighted by Gasteiger charge is -2.08. The van der Waals surface area contributed by atoms with E-state index in [1.807, 2.05) is 30.3 Å². The fourth-order valence-electron chi connectivity index (χ4n) is 2.03. The molecule has 1 aromatic heterocycles. The van der Waals surface area contributed by atoms with E-state index in [9.17, 15) is 0 Å². The summed E-state index contributed by atoms with van der Waals surface area (Å²) < 4.78 is 6.86. The lowest BCUT2D eigenvalue weighted by atomic mass is 10.2. The summed E-state index contributed by atoms with van der Waals surface area (Å²) in [6.45, 7) is 3.88. The Kier molecular flexibility index (Phi) is 4.63. The van der Waals surface area contributed by atoms with Crippen LogP contribution in [0, 0.1) is 0 Å². The van der Waals surface area contributed by atoms with Crippen LogP contribution in [0.2, 0.25) is 0 Å². The highest BCUT2D eigenvalue weighted by Crippen LogP contribution is 2.33. The first-order valence-electron chi connectivity index (χ1n) is 6.79. The Labute approximate surface area is 136 Å². The average molecular weight is 363 g/mol. The molecule has 0 spiro atoms. The molecule has 2 aromatic carbocycles. The predicted molar refractivity (Wildman–Crippen MR) is 89.7 cm³/mol. The van der Waals surface area contributed by atoms with E-state index in [0.717, 1.165) is 33.6 Å². The molecular formula is C16H15BrN2OS. The third kappa shape index (κ3) is 3.48. The Hall–Kier alpha value is -1.30. The van der Waals surface area contributed by atoms with Crippen LogP contribution in [0.3, 0.4) is 0 Å². The maximum Gasteiger partial charge on any atom is 0.261 e. The van der Waals surface area contributed by atoms with Crippen LogP contribution < -0.4 is 5.32 Å². The monoisotopic (exact) mass is 362 g/mol. The van der Waals surface area contributed by atoms with E-state index in [0.29, 0.717) is 5.22 Å². The van der Waals surface area contributed by atoms with E-state index in [-0.39, 0.29) is 0 Å². The zero-order valence-corrected chi connectivity index (χ0v) is 14.0. The number of hydrogen-bond donors (Lipinski definition) is 1. The lowest BCUT2D eigenvalue weighted by Crippen LogP contribution is -2.12. The third-order valence-corrected chi connectivity index (χ3v) is 4.52. The Balaban J connectivity index is 1.89. The maximum absolute atomic E-state index is 5.78. The van der Waals surface area contributed by atoms with Crippen molar-refractivity contribution >= 4 is 38.8 Å². The first kappa shape index (κ1) is 14.6. The van der Waals surface area contributed by atoms with Gasteiger partial charge in [-0.15, -0.1) is 0 Å². The summed E-state index contributed by atoms with van der Waals surface area (Å²) in [6, 6.07) is 14.1. The molecule has 0 saturated heterocycles. The Morgan fingerprint density at radius 2 is 2.10 bits per heavy atom. The van der Waals surface area contributed by atoms with Gasteiger partial charge in [-0.1, -0.05) is 35.0 Å². The lowest BCUT2D eigenvalue weighted by molar-refractivity contribution is 0.489. The van der Waals surface area contributed by atoms with Gasteiger partial charge in [-0.3, -0.25) is 0 Å². The van der Waals surface area contributed by atoms with E-state index in [2.05, 4.69) is 45.3 Å². The minimum atomic E-state index is 0.677. The van der Waals surface area contributed by atoms with Gasteiger partial charge in [0.25, 0.3) is 5.22 Å². The minimum absolute atomic E-state index is 0.677. The molecular weight excluding hydrogens is 348 g/mol. The number of aromatic nitrogens is 1. The summed E-state index contributed by atoms with van der Waals surface area (Å²) >= 11 is 5.09. The van der Waals surface area contributed by atoms with Gasteiger partial charge in [0.15, 0.2) is 5.58 Å². The first-order chi connectivity index (χ1) is 10.3. The van der Waals surface area contributed by atoms with Gasteiger partial charge in [0.05, 0.1) is 0 Å². The molecule has 0 amide bonds. The highest BCUT2D eigenvalue weighted by molar-refractivity contribution is 9.10. The second kappa shape index (κ2) is 6.64. The van der Waals surface area contributed by atoms with E-state index in [4.69, 9.17) is 4.42 Å². The smallest absolute Gasteiger partial charge is 0.261 e. The first-order valence-corrected chi connectivity index (χ1v) is 8.40. The van der Waals surface area contributed by atoms with Crippen molar-refractivity contribution < 1.29 is 4.42 Å².